The molecular formula is C13H8N. The van der Waals surface area contributed by atoms with Gasteiger partial charge in [0, 0.05) is 17.0 Å². The van der Waals surface area contributed by atoms with Crippen molar-refractivity contribution in [2.75, 3.05) is 0 Å². The van der Waals surface area contributed by atoms with Gasteiger partial charge in [0.1, 0.15) is 0 Å². The van der Waals surface area contributed by atoms with Crippen molar-refractivity contribution in [3.8, 4) is 0 Å². The zero-order valence-electron chi connectivity index (χ0n) is 7.57. The van der Waals surface area contributed by atoms with Crippen molar-refractivity contribution in [2.45, 2.75) is 0 Å². The average molecular weight is 178 g/mol. The normalized spacial score (nSPS) is 10.9. The molecule has 2 aromatic carbocycles. The summed E-state index contributed by atoms with van der Waals surface area (Å²) in [5.41, 5.74) is 1.03. The van der Waals surface area contributed by atoms with Gasteiger partial charge >= 0.3 is 0 Å². The molecule has 0 aliphatic rings. The van der Waals surface area contributed by atoms with Crippen molar-refractivity contribution < 1.29 is 0 Å². The maximum Gasteiger partial charge on any atom is 0.0786 e. The van der Waals surface area contributed by atoms with Gasteiger partial charge in [0.15, 0.2) is 0 Å². The lowest BCUT2D eigenvalue weighted by atomic mass is 10.1. The van der Waals surface area contributed by atoms with Crippen LogP contribution in [-0.4, -0.2) is 4.98 Å². The van der Waals surface area contributed by atoms with Crippen molar-refractivity contribution >= 4 is 21.7 Å². The summed E-state index contributed by atoms with van der Waals surface area (Å²) in [6.45, 7) is 0. The number of aromatic nitrogens is 1. The lowest BCUT2D eigenvalue weighted by Crippen LogP contribution is -1.80. The second kappa shape index (κ2) is 2.81. The van der Waals surface area contributed by atoms with E-state index in [2.05, 4.69) is 35.3 Å². The first kappa shape index (κ1) is 7.51. The van der Waals surface area contributed by atoms with Gasteiger partial charge in [-0.1, -0.05) is 36.4 Å². The molecule has 0 amide bonds. The molecule has 1 heterocycles. The molecule has 0 unspecified atom stereocenters. The van der Waals surface area contributed by atoms with E-state index in [1.165, 1.54) is 10.8 Å². The van der Waals surface area contributed by atoms with Crippen LogP contribution in [0.5, 0.6) is 0 Å². The third kappa shape index (κ3) is 0.990. The maximum atomic E-state index is 4.38. The first-order valence-electron chi connectivity index (χ1n) is 4.59. The summed E-state index contributed by atoms with van der Waals surface area (Å²) in [6, 6.07) is 17.5. The molecule has 0 fully saturated rings. The van der Waals surface area contributed by atoms with Gasteiger partial charge in [-0.2, -0.15) is 0 Å². The summed E-state index contributed by atoms with van der Waals surface area (Å²) < 4.78 is 0. The largest absolute Gasteiger partial charge is 0.256 e. The van der Waals surface area contributed by atoms with Crippen LogP contribution in [0.2, 0.25) is 0 Å². The van der Waals surface area contributed by atoms with Crippen LogP contribution in [0.15, 0.2) is 48.7 Å². The SMILES string of the molecule is [c]1ccnc2c1ccc1ccccc12. The van der Waals surface area contributed by atoms with Crippen LogP contribution in [0.3, 0.4) is 0 Å². The van der Waals surface area contributed by atoms with Gasteiger partial charge in [0.25, 0.3) is 0 Å². The predicted molar refractivity (Wildman–Crippen MR) is 58.1 cm³/mol. The van der Waals surface area contributed by atoms with E-state index in [1.54, 1.807) is 6.20 Å². The molecule has 0 aliphatic heterocycles. The third-order valence-corrected chi connectivity index (χ3v) is 2.42. The molecule has 0 aliphatic carbocycles. The predicted octanol–water partition coefficient (Wildman–Crippen LogP) is 3.19. The Balaban J connectivity index is 2.61. The molecule has 0 bridgehead atoms. The van der Waals surface area contributed by atoms with Crippen molar-refractivity contribution in [1.29, 1.82) is 0 Å². The highest BCUT2D eigenvalue weighted by molar-refractivity contribution is 6.04. The Morgan fingerprint density at radius 2 is 1.93 bits per heavy atom. The van der Waals surface area contributed by atoms with E-state index in [-0.39, 0.29) is 0 Å². The van der Waals surface area contributed by atoms with Crippen LogP contribution < -0.4 is 0 Å². The second-order valence-electron chi connectivity index (χ2n) is 3.27. The molecule has 3 aromatic rings. The molecule has 1 radical (unpaired) electrons. The first-order valence-corrected chi connectivity index (χ1v) is 4.59. The van der Waals surface area contributed by atoms with E-state index in [9.17, 15) is 0 Å². The minimum atomic E-state index is 1.03. The molecule has 65 valence electrons. The summed E-state index contributed by atoms with van der Waals surface area (Å²) in [5.74, 6) is 0. The lowest BCUT2D eigenvalue weighted by molar-refractivity contribution is 1.42. The molecule has 14 heavy (non-hydrogen) atoms. The number of hydrogen-bond acceptors (Lipinski definition) is 1. The van der Waals surface area contributed by atoms with Gasteiger partial charge < -0.3 is 0 Å². The zero-order valence-corrected chi connectivity index (χ0v) is 7.57. The molecule has 1 heteroatoms. The lowest BCUT2D eigenvalue weighted by Gasteiger charge is -2.00. The van der Waals surface area contributed by atoms with E-state index in [4.69, 9.17) is 0 Å². The van der Waals surface area contributed by atoms with Gasteiger partial charge in [-0.05, 0) is 17.5 Å². The van der Waals surface area contributed by atoms with Crippen LogP contribution in [0, 0.1) is 6.07 Å². The summed E-state index contributed by atoms with van der Waals surface area (Å²) in [4.78, 5) is 4.38. The number of fused-ring (bicyclic) bond motifs is 3. The van der Waals surface area contributed by atoms with Gasteiger partial charge in [-0.15, -0.1) is 0 Å². The summed E-state index contributed by atoms with van der Waals surface area (Å²) in [7, 11) is 0. The van der Waals surface area contributed by atoms with E-state index in [1.807, 2.05) is 18.2 Å². The second-order valence-corrected chi connectivity index (χ2v) is 3.27. The Labute approximate surface area is 82.0 Å². The summed E-state index contributed by atoms with van der Waals surface area (Å²) in [6.07, 6.45) is 1.79. The molecule has 3 rings (SSSR count). The molecule has 0 spiro atoms. The number of pyridine rings is 1. The van der Waals surface area contributed by atoms with Gasteiger partial charge in [0.2, 0.25) is 0 Å². The van der Waals surface area contributed by atoms with Crippen molar-refractivity contribution in [3.05, 3.63) is 54.7 Å². The van der Waals surface area contributed by atoms with E-state index >= 15 is 0 Å². The average Bonchev–Trinajstić information content (AvgIpc) is 2.29. The topological polar surface area (TPSA) is 12.9 Å². The minimum Gasteiger partial charge on any atom is -0.256 e. The number of rotatable bonds is 0. The number of hydrogen-bond donors (Lipinski definition) is 0. The Kier molecular flexibility index (Phi) is 1.51. The summed E-state index contributed by atoms with van der Waals surface area (Å²) in [5, 5.41) is 3.50. The molecule has 1 aromatic heterocycles. The van der Waals surface area contributed by atoms with Gasteiger partial charge in [0.05, 0.1) is 5.52 Å². The van der Waals surface area contributed by atoms with Crippen LogP contribution in [0.1, 0.15) is 0 Å². The Morgan fingerprint density at radius 1 is 1.00 bits per heavy atom. The third-order valence-electron chi connectivity index (χ3n) is 2.42. The van der Waals surface area contributed by atoms with Crippen molar-refractivity contribution in [2.24, 2.45) is 0 Å². The quantitative estimate of drug-likeness (QED) is 0.482. The molecule has 0 N–H and O–H groups in total. The van der Waals surface area contributed by atoms with Gasteiger partial charge in [-0.3, -0.25) is 4.98 Å². The molecule has 0 atom stereocenters. The molecule has 1 nitrogen and oxygen atoms in total. The fraction of sp³-hybridized carbons (Fsp3) is 0. The maximum absolute atomic E-state index is 4.38. The van der Waals surface area contributed by atoms with Crippen LogP contribution >= 0.6 is 0 Å². The fourth-order valence-electron chi connectivity index (χ4n) is 1.75. The minimum absolute atomic E-state index is 1.03. The smallest absolute Gasteiger partial charge is 0.0786 e. The number of benzene rings is 2. The monoisotopic (exact) mass is 178 g/mol. The molecular weight excluding hydrogens is 170 g/mol. The van der Waals surface area contributed by atoms with Gasteiger partial charge in [-0.25, -0.2) is 0 Å². The zero-order chi connectivity index (χ0) is 9.38. The van der Waals surface area contributed by atoms with Crippen molar-refractivity contribution in [1.82, 2.24) is 4.98 Å². The van der Waals surface area contributed by atoms with E-state index < -0.39 is 0 Å². The summed E-state index contributed by atoms with van der Waals surface area (Å²) >= 11 is 0. The Morgan fingerprint density at radius 3 is 2.93 bits per heavy atom. The Hall–Kier alpha value is -1.89. The highest BCUT2D eigenvalue weighted by atomic mass is 14.6. The van der Waals surface area contributed by atoms with Crippen LogP contribution in [-0.2, 0) is 0 Å². The first-order chi connectivity index (χ1) is 6.95. The standard InChI is InChI=1S/C13H8N/c1-2-6-12-10(4-1)7-8-11-5-3-9-14-13(11)12/h1-4,6-9H. The molecule has 0 saturated carbocycles. The Bertz CT molecular complexity index is 544. The van der Waals surface area contributed by atoms with Crippen LogP contribution in [0.25, 0.3) is 21.7 Å². The van der Waals surface area contributed by atoms with Crippen molar-refractivity contribution in [3.63, 3.8) is 0 Å². The van der Waals surface area contributed by atoms with E-state index in [0.29, 0.717) is 0 Å². The molecule has 0 saturated heterocycles. The number of nitrogens with zero attached hydrogens (tertiary/aromatic N) is 1. The van der Waals surface area contributed by atoms with Crippen LogP contribution in [0.4, 0.5) is 0 Å². The highest BCUT2D eigenvalue weighted by Gasteiger charge is 1.98. The highest BCUT2D eigenvalue weighted by Crippen LogP contribution is 2.22. The fourth-order valence-corrected chi connectivity index (χ4v) is 1.75. The van der Waals surface area contributed by atoms with E-state index in [0.717, 1.165) is 10.9 Å².